The summed E-state index contributed by atoms with van der Waals surface area (Å²) in [4.78, 5) is 8.00. The summed E-state index contributed by atoms with van der Waals surface area (Å²) in [6.07, 6.45) is 0. The van der Waals surface area contributed by atoms with Crippen LogP contribution in [0.5, 0.6) is 0 Å². The van der Waals surface area contributed by atoms with Gasteiger partial charge in [-0.1, -0.05) is 0 Å². The van der Waals surface area contributed by atoms with Crippen molar-refractivity contribution in [2.24, 2.45) is 0 Å². The minimum absolute atomic E-state index is 0. The second-order valence-corrected chi connectivity index (χ2v) is 0.247. The van der Waals surface area contributed by atoms with E-state index < -0.39 is 7.54 Å². The monoisotopic (exact) mass is 137 g/mol. The van der Waals surface area contributed by atoms with Crippen LogP contribution in [0.15, 0.2) is 0 Å². The Morgan fingerprint density at radius 2 is 1.14 bits per heavy atom. The maximum Gasteiger partial charge on any atom is 0.762 e. The molecule has 1 radical (unpaired) electrons. The average molecular weight is 137 g/mol. The summed E-state index contributed by atoms with van der Waals surface area (Å²) in [5, 5.41) is 0. The summed E-state index contributed by atoms with van der Waals surface area (Å²) in [7, 11) is -3.67. The molecule has 0 aliphatic heterocycles. The molecule has 0 saturated carbocycles. The number of hydrogen-bond acceptors (Lipinski definition) is 1. The molecule has 37 valence electrons. The van der Waals surface area contributed by atoms with E-state index in [0.717, 1.165) is 0 Å². The molecule has 0 unspecified atom stereocenters. The van der Waals surface area contributed by atoms with Crippen molar-refractivity contribution >= 4 is 65.7 Å². The number of carbonyl (C=O) groups is 1. The van der Waals surface area contributed by atoms with E-state index in [0.29, 0.717) is 0 Å². The number of rotatable bonds is 0. The van der Waals surface area contributed by atoms with Crippen LogP contribution >= 0.6 is 0 Å². The second kappa shape index (κ2) is 15.7. The Bertz CT molecular complexity index is 26.1. The van der Waals surface area contributed by atoms with Crippen LogP contribution in [0.4, 0.5) is 12.9 Å². The summed E-state index contributed by atoms with van der Waals surface area (Å²) in [5.74, 6) is 0. The zero-order chi connectivity index (χ0) is 5.58. The fraction of sp³-hybridized carbons (Fsp3) is 0. The van der Waals surface area contributed by atoms with Gasteiger partial charge in [0.2, 0.25) is 0 Å². The first-order chi connectivity index (χ1) is 2.73. The Morgan fingerprint density at radius 3 is 1.14 bits per heavy atom. The van der Waals surface area contributed by atoms with Gasteiger partial charge in [0.25, 0.3) is 0 Å². The summed E-state index contributed by atoms with van der Waals surface area (Å²) < 4.78 is 29.0. The Balaban J connectivity index is -0.0000000480. The molecule has 0 spiro atoms. The number of carbonyl (C=O) groups excluding carboxylic acids is 1. The fourth-order valence-corrected chi connectivity index (χ4v) is 0. The molecule has 0 bridgehead atoms. The van der Waals surface area contributed by atoms with Crippen molar-refractivity contribution in [1.82, 2.24) is 0 Å². The third kappa shape index (κ3) is 141. The first-order valence-electron chi connectivity index (χ1n) is 0.943. The molecule has 0 aromatic carbocycles. The van der Waals surface area contributed by atoms with Crippen LogP contribution in [0.3, 0.4) is 0 Å². The number of hydrogen-bond donors (Lipinski definition) is 0. The van der Waals surface area contributed by atoms with E-state index in [-0.39, 0.29) is 51.4 Å². The van der Waals surface area contributed by atoms with E-state index in [9.17, 15) is 12.9 Å². The first-order valence-corrected chi connectivity index (χ1v) is 0.943. The van der Waals surface area contributed by atoms with Crippen molar-refractivity contribution in [3.05, 3.63) is 0 Å². The maximum absolute atomic E-state index is 9.67. The van der Waals surface area contributed by atoms with Gasteiger partial charge in [0.1, 0.15) is 6.79 Å². The van der Waals surface area contributed by atoms with Crippen molar-refractivity contribution < 1.29 is 17.7 Å². The van der Waals surface area contributed by atoms with Gasteiger partial charge in [-0.3, -0.25) is 12.9 Å². The molecule has 6 heteroatoms. The maximum atomic E-state index is 9.67. The number of halogens is 3. The van der Waals surface area contributed by atoms with Crippen LogP contribution in [-0.2, 0) is 4.79 Å². The van der Waals surface area contributed by atoms with Crippen LogP contribution in [0.25, 0.3) is 0 Å². The third-order valence-corrected chi connectivity index (χ3v) is 0. The fourth-order valence-electron chi connectivity index (χ4n) is 0. The van der Waals surface area contributed by atoms with Gasteiger partial charge in [-0.15, -0.1) is 0 Å². The topological polar surface area (TPSA) is 17.1 Å². The van der Waals surface area contributed by atoms with Crippen molar-refractivity contribution in [1.29, 1.82) is 0 Å². The molecule has 0 atom stereocenters. The SMILES string of the molecule is C=O.FB(F)F.[K]. The van der Waals surface area contributed by atoms with E-state index in [4.69, 9.17) is 4.79 Å². The largest absolute Gasteiger partial charge is 0.762 e. The molecule has 0 rings (SSSR count). The molecular formula is CH2BF3KO. The van der Waals surface area contributed by atoms with Gasteiger partial charge in [-0.05, 0) is 0 Å². The molecule has 0 aromatic heterocycles. The molecule has 0 N–H and O–H groups in total. The van der Waals surface area contributed by atoms with Crippen molar-refractivity contribution in [3.8, 4) is 0 Å². The molecule has 0 aliphatic rings. The molecule has 0 aromatic rings. The molecule has 0 heterocycles. The summed E-state index contributed by atoms with van der Waals surface area (Å²) >= 11 is 0. The quantitative estimate of drug-likeness (QED) is 0.439. The van der Waals surface area contributed by atoms with Crippen LogP contribution in [0, 0.1) is 0 Å². The van der Waals surface area contributed by atoms with Crippen LogP contribution < -0.4 is 0 Å². The molecule has 0 aliphatic carbocycles. The van der Waals surface area contributed by atoms with Crippen molar-refractivity contribution in [3.63, 3.8) is 0 Å². The van der Waals surface area contributed by atoms with E-state index in [1.165, 1.54) is 0 Å². The normalized spacial score (nSPS) is 4.43. The van der Waals surface area contributed by atoms with Crippen LogP contribution in [0.1, 0.15) is 0 Å². The third-order valence-electron chi connectivity index (χ3n) is 0. The smallest absolute Gasteiger partial charge is 0.307 e. The van der Waals surface area contributed by atoms with E-state index in [1.54, 1.807) is 0 Å². The molecule has 7 heavy (non-hydrogen) atoms. The summed E-state index contributed by atoms with van der Waals surface area (Å²) in [5.41, 5.74) is 0. The Hall–Kier alpha value is 1.16. The van der Waals surface area contributed by atoms with E-state index >= 15 is 0 Å². The van der Waals surface area contributed by atoms with E-state index in [2.05, 4.69) is 0 Å². The molecule has 0 saturated heterocycles. The van der Waals surface area contributed by atoms with E-state index in [1.807, 2.05) is 6.79 Å². The van der Waals surface area contributed by atoms with Crippen molar-refractivity contribution in [2.45, 2.75) is 0 Å². The van der Waals surface area contributed by atoms with Gasteiger partial charge in [-0.2, -0.15) is 0 Å². The average Bonchev–Trinajstić information content (AvgIpc) is 1.41. The van der Waals surface area contributed by atoms with Crippen LogP contribution in [0.2, 0.25) is 0 Å². The Labute approximate surface area is 82.3 Å². The summed E-state index contributed by atoms with van der Waals surface area (Å²) in [6, 6.07) is 0. The molecule has 0 fully saturated rings. The predicted molar refractivity (Wildman–Crippen MR) is 22.0 cm³/mol. The van der Waals surface area contributed by atoms with Gasteiger partial charge >= 0.3 is 7.54 Å². The van der Waals surface area contributed by atoms with Gasteiger partial charge < -0.3 is 4.79 Å². The van der Waals surface area contributed by atoms with Gasteiger partial charge in [0, 0.05) is 51.4 Å². The minimum Gasteiger partial charge on any atom is -0.307 e. The molecular weight excluding hydrogens is 135 g/mol. The molecule has 0 amide bonds. The zero-order valence-corrected chi connectivity index (χ0v) is 6.95. The molecule has 1 nitrogen and oxygen atoms in total. The van der Waals surface area contributed by atoms with Gasteiger partial charge in [-0.25, -0.2) is 0 Å². The standard InChI is InChI=1S/CH2O.BF3.K/c1-2;2-1(3)4;/h1H2;;. The Morgan fingerprint density at radius 1 is 1.14 bits per heavy atom. The van der Waals surface area contributed by atoms with Gasteiger partial charge in [0.15, 0.2) is 0 Å². The van der Waals surface area contributed by atoms with Gasteiger partial charge in [0.05, 0.1) is 0 Å². The minimum atomic E-state index is -3.67. The summed E-state index contributed by atoms with van der Waals surface area (Å²) in [6.45, 7) is 2.00. The Kier molecular flexibility index (Phi) is 35.2. The first kappa shape index (κ1) is 15.7. The zero-order valence-electron chi connectivity index (χ0n) is 3.83. The van der Waals surface area contributed by atoms with Crippen LogP contribution in [-0.4, -0.2) is 65.7 Å². The van der Waals surface area contributed by atoms with Crippen molar-refractivity contribution in [2.75, 3.05) is 0 Å². The predicted octanol–water partition coefficient (Wildman–Crippen LogP) is 0.314. The second-order valence-electron chi connectivity index (χ2n) is 0.247.